The number of para-hydroxylation sites is 1. The maximum atomic E-state index is 11.9. The van der Waals surface area contributed by atoms with E-state index in [2.05, 4.69) is 0 Å². The Morgan fingerprint density at radius 3 is 2.71 bits per heavy atom. The molecule has 2 aliphatic heterocycles. The number of piperazine rings is 1. The fraction of sp³-hybridized carbons (Fsp3) is 0.529. The molecule has 3 rings (SSSR count). The van der Waals surface area contributed by atoms with E-state index >= 15 is 0 Å². The van der Waals surface area contributed by atoms with Gasteiger partial charge in [0.25, 0.3) is 0 Å². The maximum absolute atomic E-state index is 11.9. The van der Waals surface area contributed by atoms with E-state index < -0.39 is 12.0 Å². The highest BCUT2D eigenvalue weighted by Gasteiger charge is 2.35. The zero-order chi connectivity index (χ0) is 17.1. The third-order valence-corrected chi connectivity index (χ3v) is 4.48. The molecule has 1 aromatic rings. The molecule has 0 bridgehead atoms. The lowest BCUT2D eigenvalue weighted by atomic mass is 10.00. The average molecular weight is 334 g/mol. The van der Waals surface area contributed by atoms with Crippen LogP contribution in [0.5, 0.6) is 5.75 Å². The van der Waals surface area contributed by atoms with Gasteiger partial charge in [0, 0.05) is 38.2 Å². The number of rotatable bonds is 4. The van der Waals surface area contributed by atoms with Crippen LogP contribution >= 0.6 is 0 Å². The molecule has 1 fully saturated rings. The lowest BCUT2D eigenvalue weighted by Crippen LogP contribution is -2.51. The number of amides is 1. The molecule has 130 valence electrons. The lowest BCUT2D eigenvalue weighted by Gasteiger charge is -2.37. The van der Waals surface area contributed by atoms with Crippen LogP contribution in [-0.2, 0) is 16.0 Å². The second-order valence-electron chi connectivity index (χ2n) is 5.90. The third-order valence-electron chi connectivity index (χ3n) is 4.48. The fourth-order valence-corrected chi connectivity index (χ4v) is 3.32. The highest BCUT2D eigenvalue weighted by molar-refractivity contribution is 5.77. The molecule has 24 heavy (non-hydrogen) atoms. The number of fused-ring (bicyclic) bond motifs is 1. The zero-order valence-electron chi connectivity index (χ0n) is 13.7. The Bertz CT molecular complexity index is 625. The van der Waals surface area contributed by atoms with Crippen molar-refractivity contribution in [2.24, 2.45) is 0 Å². The van der Waals surface area contributed by atoms with Crippen molar-refractivity contribution in [3.8, 4) is 5.75 Å². The van der Waals surface area contributed by atoms with Gasteiger partial charge in [0.15, 0.2) is 0 Å². The molecule has 1 N–H and O–H groups in total. The van der Waals surface area contributed by atoms with Crippen LogP contribution in [0.1, 0.15) is 24.1 Å². The highest BCUT2D eigenvalue weighted by Crippen LogP contribution is 2.36. The van der Waals surface area contributed by atoms with E-state index in [4.69, 9.17) is 9.47 Å². The van der Waals surface area contributed by atoms with Crippen LogP contribution < -0.4 is 4.74 Å². The summed E-state index contributed by atoms with van der Waals surface area (Å²) < 4.78 is 10.7. The van der Waals surface area contributed by atoms with Gasteiger partial charge in [0.05, 0.1) is 13.2 Å². The Kier molecular flexibility index (Phi) is 4.89. The number of nitrogens with zero attached hydrogens (tertiary/aromatic N) is 2. The van der Waals surface area contributed by atoms with Crippen LogP contribution in [-0.4, -0.2) is 66.4 Å². The van der Waals surface area contributed by atoms with Crippen molar-refractivity contribution >= 4 is 12.1 Å². The summed E-state index contributed by atoms with van der Waals surface area (Å²) in [4.78, 5) is 27.2. The first-order valence-electron chi connectivity index (χ1n) is 8.25. The zero-order valence-corrected chi connectivity index (χ0v) is 13.7. The van der Waals surface area contributed by atoms with E-state index in [-0.39, 0.29) is 6.09 Å². The van der Waals surface area contributed by atoms with Crippen molar-refractivity contribution in [1.82, 2.24) is 9.80 Å². The lowest BCUT2D eigenvalue weighted by molar-refractivity contribution is -0.144. The first kappa shape index (κ1) is 16.6. The number of benzene rings is 1. The summed E-state index contributed by atoms with van der Waals surface area (Å²) in [6.07, 6.45) is 0.472. The minimum Gasteiger partial charge on any atom is -0.493 e. The van der Waals surface area contributed by atoms with E-state index in [1.54, 1.807) is 11.8 Å². The van der Waals surface area contributed by atoms with Gasteiger partial charge in [0.1, 0.15) is 11.8 Å². The molecule has 7 nitrogen and oxygen atoms in total. The number of hydrogen-bond acceptors (Lipinski definition) is 5. The molecule has 1 saturated heterocycles. The second kappa shape index (κ2) is 7.09. The molecule has 1 atom stereocenters. The predicted octanol–water partition coefficient (Wildman–Crippen LogP) is 1.52. The molecular weight excluding hydrogens is 312 g/mol. The molecule has 0 spiro atoms. The maximum Gasteiger partial charge on any atom is 0.409 e. The first-order chi connectivity index (χ1) is 11.6. The third kappa shape index (κ3) is 3.17. The number of hydrogen-bond donors (Lipinski definition) is 1. The van der Waals surface area contributed by atoms with Gasteiger partial charge >= 0.3 is 12.1 Å². The van der Waals surface area contributed by atoms with Gasteiger partial charge in [0.2, 0.25) is 0 Å². The van der Waals surface area contributed by atoms with Gasteiger partial charge in [-0.2, -0.15) is 0 Å². The molecule has 7 heteroatoms. The summed E-state index contributed by atoms with van der Waals surface area (Å²) in [6, 6.07) is 4.92. The van der Waals surface area contributed by atoms with Crippen LogP contribution in [0.4, 0.5) is 4.79 Å². The van der Waals surface area contributed by atoms with Crippen LogP contribution in [0.3, 0.4) is 0 Å². The molecule has 0 aromatic heterocycles. The normalized spacial score (nSPS) is 18.6. The van der Waals surface area contributed by atoms with Crippen molar-refractivity contribution in [2.45, 2.75) is 19.4 Å². The number of carbonyl (C=O) groups excluding carboxylic acids is 1. The molecule has 0 radical (unpaired) electrons. The summed E-state index contributed by atoms with van der Waals surface area (Å²) in [5.74, 6) is -0.193. The second-order valence-corrected chi connectivity index (χ2v) is 5.90. The minimum atomic E-state index is -0.900. The quantitative estimate of drug-likeness (QED) is 0.899. The Balaban J connectivity index is 1.76. The highest BCUT2D eigenvalue weighted by atomic mass is 16.6. The van der Waals surface area contributed by atoms with E-state index in [1.807, 2.05) is 23.1 Å². The van der Waals surface area contributed by atoms with E-state index in [1.165, 1.54) is 0 Å². The molecule has 0 unspecified atom stereocenters. The minimum absolute atomic E-state index is 0.338. The van der Waals surface area contributed by atoms with Crippen LogP contribution in [0.25, 0.3) is 0 Å². The molecule has 0 aliphatic carbocycles. The Morgan fingerprint density at radius 2 is 2.04 bits per heavy atom. The van der Waals surface area contributed by atoms with Gasteiger partial charge in [-0.25, -0.2) is 4.79 Å². The smallest absolute Gasteiger partial charge is 0.409 e. The number of carbonyl (C=O) groups is 2. The summed E-state index contributed by atoms with van der Waals surface area (Å²) in [6.45, 7) is 4.58. The van der Waals surface area contributed by atoms with Crippen LogP contribution in [0, 0.1) is 0 Å². The van der Waals surface area contributed by atoms with Crippen molar-refractivity contribution in [3.05, 3.63) is 29.3 Å². The van der Waals surface area contributed by atoms with Gasteiger partial charge in [-0.15, -0.1) is 0 Å². The Morgan fingerprint density at radius 1 is 1.29 bits per heavy atom. The SMILES string of the molecule is CCOC(=O)N1CCN([C@H](C(=O)O)c2cccc3c2OCC3)CC1. The van der Waals surface area contributed by atoms with E-state index in [0.717, 1.165) is 12.0 Å². The van der Waals surface area contributed by atoms with Crippen molar-refractivity contribution < 1.29 is 24.2 Å². The van der Waals surface area contributed by atoms with Gasteiger partial charge in [-0.3, -0.25) is 9.69 Å². The van der Waals surface area contributed by atoms with Crippen molar-refractivity contribution in [3.63, 3.8) is 0 Å². The summed E-state index contributed by atoms with van der Waals surface area (Å²) in [5, 5.41) is 9.77. The molecule has 0 saturated carbocycles. The fourth-order valence-electron chi connectivity index (χ4n) is 3.32. The summed E-state index contributed by atoms with van der Waals surface area (Å²) in [7, 11) is 0. The topological polar surface area (TPSA) is 79.3 Å². The molecule has 1 amide bonds. The number of carboxylic acids is 1. The molecule has 2 aliphatic rings. The monoisotopic (exact) mass is 334 g/mol. The number of aliphatic carboxylic acids is 1. The van der Waals surface area contributed by atoms with Crippen LogP contribution in [0.15, 0.2) is 18.2 Å². The first-order valence-corrected chi connectivity index (χ1v) is 8.25. The Hall–Kier alpha value is -2.28. The van der Waals surface area contributed by atoms with E-state index in [9.17, 15) is 14.7 Å². The number of ether oxygens (including phenoxy) is 2. The summed E-state index contributed by atoms with van der Waals surface area (Å²) in [5.41, 5.74) is 1.76. The molecule has 2 heterocycles. The van der Waals surface area contributed by atoms with Crippen molar-refractivity contribution in [2.75, 3.05) is 39.4 Å². The van der Waals surface area contributed by atoms with Crippen molar-refractivity contribution in [1.29, 1.82) is 0 Å². The molecule has 1 aromatic carbocycles. The largest absolute Gasteiger partial charge is 0.493 e. The Labute approximate surface area is 140 Å². The molecular formula is C17H22N2O5. The van der Waals surface area contributed by atoms with Gasteiger partial charge in [-0.1, -0.05) is 18.2 Å². The summed E-state index contributed by atoms with van der Waals surface area (Å²) >= 11 is 0. The van der Waals surface area contributed by atoms with Crippen LogP contribution in [0.2, 0.25) is 0 Å². The standard InChI is InChI=1S/C17H22N2O5/c1-2-23-17(22)19-9-7-18(8-10-19)14(16(20)21)13-5-3-4-12-6-11-24-15(12)13/h3-5,14H,2,6-11H2,1H3,(H,20,21)/t14-/m0/s1. The predicted molar refractivity (Wildman–Crippen MR) is 86.2 cm³/mol. The average Bonchev–Trinajstić information content (AvgIpc) is 3.05. The number of carboxylic acid groups (broad SMARTS) is 1. The van der Waals surface area contributed by atoms with E-state index in [0.29, 0.717) is 50.7 Å². The van der Waals surface area contributed by atoms with Gasteiger partial charge < -0.3 is 19.5 Å². The van der Waals surface area contributed by atoms with Gasteiger partial charge in [-0.05, 0) is 12.5 Å².